The minimum Gasteiger partial charge on any atom is -0.314 e. The number of nitro groups is 1. The van der Waals surface area contributed by atoms with Crippen molar-refractivity contribution in [2.45, 2.75) is 32.9 Å². The van der Waals surface area contributed by atoms with Gasteiger partial charge in [-0.25, -0.2) is 4.98 Å². The van der Waals surface area contributed by atoms with Crippen LogP contribution >= 0.6 is 0 Å². The predicted molar refractivity (Wildman–Crippen MR) is 70.8 cm³/mol. The van der Waals surface area contributed by atoms with Crippen LogP contribution in [0.1, 0.15) is 31.4 Å². The van der Waals surface area contributed by atoms with E-state index in [0.29, 0.717) is 5.52 Å². The number of imidazole rings is 1. The third kappa shape index (κ3) is 2.33. The van der Waals surface area contributed by atoms with Crippen LogP contribution in [0, 0.1) is 10.1 Å². The number of Topliss-reactive ketones (excluding diaryl/α,β-unsaturated/α-hetero) is 1. The molecule has 2 rings (SSSR count). The molecule has 0 aliphatic rings. The molecule has 1 aromatic carbocycles. The van der Waals surface area contributed by atoms with Crippen molar-refractivity contribution in [2.75, 3.05) is 0 Å². The van der Waals surface area contributed by atoms with Crippen molar-refractivity contribution in [3.05, 3.63) is 40.2 Å². The van der Waals surface area contributed by atoms with Gasteiger partial charge in [-0.2, -0.15) is 0 Å². The minimum absolute atomic E-state index is 0.107. The highest BCUT2D eigenvalue weighted by Crippen LogP contribution is 2.21. The maximum absolute atomic E-state index is 11.6. The number of aromatic nitrogens is 2. The molecule has 100 valence electrons. The monoisotopic (exact) mass is 261 g/mol. The lowest BCUT2D eigenvalue weighted by atomic mass is 10.1. The van der Waals surface area contributed by atoms with Gasteiger partial charge in [-0.1, -0.05) is 12.1 Å². The van der Waals surface area contributed by atoms with Crippen LogP contribution in [-0.2, 0) is 6.54 Å². The number of nitrogens with zero attached hydrogens (tertiary/aromatic N) is 3. The first kappa shape index (κ1) is 13.2. The van der Waals surface area contributed by atoms with E-state index in [-0.39, 0.29) is 23.1 Å². The zero-order chi connectivity index (χ0) is 14.2. The number of rotatable bonds is 4. The molecular formula is C13H15N3O3. The Morgan fingerprint density at radius 1 is 1.42 bits per heavy atom. The molecule has 0 saturated carbocycles. The van der Waals surface area contributed by atoms with Crippen molar-refractivity contribution in [1.29, 1.82) is 0 Å². The molecule has 0 unspecified atom stereocenters. The summed E-state index contributed by atoms with van der Waals surface area (Å²) in [7, 11) is 0. The summed E-state index contributed by atoms with van der Waals surface area (Å²) >= 11 is 0. The van der Waals surface area contributed by atoms with Crippen LogP contribution in [0.4, 0.5) is 0 Å². The molecule has 0 aliphatic heterocycles. The minimum atomic E-state index is -1.16. The van der Waals surface area contributed by atoms with E-state index in [9.17, 15) is 14.9 Å². The van der Waals surface area contributed by atoms with Crippen LogP contribution in [0.2, 0.25) is 0 Å². The zero-order valence-electron chi connectivity index (χ0n) is 11.1. The first-order chi connectivity index (χ1) is 8.83. The Labute approximate surface area is 110 Å². The third-order valence-corrected chi connectivity index (χ3v) is 3.01. The van der Waals surface area contributed by atoms with Crippen molar-refractivity contribution in [2.24, 2.45) is 0 Å². The summed E-state index contributed by atoms with van der Waals surface area (Å²) < 4.78 is 1.63. The highest BCUT2D eigenvalue weighted by atomic mass is 16.6. The van der Waals surface area contributed by atoms with Gasteiger partial charge < -0.3 is 4.57 Å². The van der Waals surface area contributed by atoms with E-state index in [0.717, 1.165) is 5.52 Å². The van der Waals surface area contributed by atoms with Gasteiger partial charge in [-0.3, -0.25) is 14.9 Å². The SMILES string of the molecule is CC(=O)c1nc2ccccc2n1CC(C)(C)[N+](=O)[O-]. The molecule has 0 fully saturated rings. The maximum atomic E-state index is 11.6. The number of carbonyl (C=O) groups is 1. The molecule has 0 amide bonds. The summed E-state index contributed by atoms with van der Waals surface area (Å²) in [6.45, 7) is 4.59. The molecule has 0 aliphatic carbocycles. The molecule has 0 spiro atoms. The number of hydrogen-bond donors (Lipinski definition) is 0. The molecule has 1 aromatic heterocycles. The van der Waals surface area contributed by atoms with Gasteiger partial charge in [-0.05, 0) is 12.1 Å². The van der Waals surface area contributed by atoms with Gasteiger partial charge >= 0.3 is 0 Å². The second-order valence-corrected chi connectivity index (χ2v) is 5.14. The average molecular weight is 261 g/mol. The van der Waals surface area contributed by atoms with E-state index in [2.05, 4.69) is 4.98 Å². The third-order valence-electron chi connectivity index (χ3n) is 3.01. The smallest absolute Gasteiger partial charge is 0.234 e. The van der Waals surface area contributed by atoms with Crippen molar-refractivity contribution in [1.82, 2.24) is 9.55 Å². The summed E-state index contributed by atoms with van der Waals surface area (Å²) in [5.74, 6) is 0.0615. The van der Waals surface area contributed by atoms with Gasteiger partial charge in [0.05, 0.1) is 17.6 Å². The van der Waals surface area contributed by atoms with E-state index in [1.54, 1.807) is 10.6 Å². The van der Waals surface area contributed by atoms with Crippen LogP contribution in [0.3, 0.4) is 0 Å². The Morgan fingerprint density at radius 2 is 2.05 bits per heavy atom. The van der Waals surface area contributed by atoms with E-state index >= 15 is 0 Å². The van der Waals surface area contributed by atoms with Crippen LogP contribution in [0.5, 0.6) is 0 Å². The number of fused-ring (bicyclic) bond motifs is 1. The zero-order valence-corrected chi connectivity index (χ0v) is 11.1. The quantitative estimate of drug-likeness (QED) is 0.480. The van der Waals surface area contributed by atoms with E-state index in [1.165, 1.54) is 20.8 Å². The molecule has 6 heteroatoms. The Hall–Kier alpha value is -2.24. The van der Waals surface area contributed by atoms with E-state index in [1.807, 2.05) is 18.2 Å². The maximum Gasteiger partial charge on any atom is 0.234 e. The first-order valence-corrected chi connectivity index (χ1v) is 5.93. The fraction of sp³-hybridized carbons (Fsp3) is 0.385. The topological polar surface area (TPSA) is 78.0 Å². The van der Waals surface area contributed by atoms with Crippen LogP contribution in [0.15, 0.2) is 24.3 Å². The molecule has 0 saturated heterocycles. The predicted octanol–water partition coefficient (Wildman–Crippen LogP) is 2.29. The van der Waals surface area contributed by atoms with Gasteiger partial charge in [0.25, 0.3) is 0 Å². The molecule has 6 nitrogen and oxygen atoms in total. The summed E-state index contributed by atoms with van der Waals surface area (Å²) in [5, 5.41) is 11.1. The summed E-state index contributed by atoms with van der Waals surface area (Å²) in [6, 6.07) is 7.24. The summed E-state index contributed by atoms with van der Waals surface area (Å²) in [5.41, 5.74) is 0.252. The second-order valence-electron chi connectivity index (χ2n) is 5.14. The molecule has 0 bridgehead atoms. The number of hydrogen-bond acceptors (Lipinski definition) is 4. The summed E-state index contributed by atoms with van der Waals surface area (Å²) in [6.07, 6.45) is 0. The van der Waals surface area contributed by atoms with Gasteiger partial charge in [-0.15, -0.1) is 0 Å². The number of benzene rings is 1. The molecule has 0 radical (unpaired) electrons. The second kappa shape index (κ2) is 4.46. The molecule has 0 atom stereocenters. The highest BCUT2D eigenvalue weighted by molar-refractivity contribution is 5.94. The normalized spacial score (nSPS) is 11.7. The Balaban J connectivity index is 2.60. The lowest BCUT2D eigenvalue weighted by molar-refractivity contribution is -0.562. The Bertz CT molecular complexity index is 658. The van der Waals surface area contributed by atoms with Gasteiger partial charge in [0.15, 0.2) is 11.6 Å². The fourth-order valence-electron chi connectivity index (χ4n) is 1.95. The first-order valence-electron chi connectivity index (χ1n) is 5.93. The van der Waals surface area contributed by atoms with Gasteiger partial charge in [0, 0.05) is 25.7 Å². The number of ketones is 1. The lowest BCUT2D eigenvalue weighted by Gasteiger charge is -2.17. The van der Waals surface area contributed by atoms with Crippen LogP contribution < -0.4 is 0 Å². The summed E-state index contributed by atoms with van der Waals surface area (Å²) in [4.78, 5) is 26.6. The lowest BCUT2D eigenvalue weighted by Crippen LogP contribution is -2.36. The molecular weight excluding hydrogens is 246 g/mol. The molecule has 0 N–H and O–H groups in total. The Kier molecular flexibility index (Phi) is 3.09. The standard InChI is InChI=1S/C13H15N3O3/c1-9(17)12-14-10-6-4-5-7-11(10)15(12)8-13(2,3)16(18)19/h4-7H,8H2,1-3H3. The molecule has 19 heavy (non-hydrogen) atoms. The van der Waals surface area contributed by atoms with Crippen LogP contribution in [-0.4, -0.2) is 25.8 Å². The number of carbonyl (C=O) groups excluding carboxylic acids is 1. The average Bonchev–Trinajstić information content (AvgIpc) is 2.68. The molecule has 1 heterocycles. The van der Waals surface area contributed by atoms with Crippen molar-refractivity contribution >= 4 is 16.8 Å². The van der Waals surface area contributed by atoms with Crippen molar-refractivity contribution < 1.29 is 9.72 Å². The highest BCUT2D eigenvalue weighted by Gasteiger charge is 2.33. The van der Waals surface area contributed by atoms with E-state index in [4.69, 9.17) is 0 Å². The van der Waals surface area contributed by atoms with Crippen molar-refractivity contribution in [3.8, 4) is 0 Å². The van der Waals surface area contributed by atoms with Gasteiger partial charge in [0.1, 0.15) is 0 Å². The van der Waals surface area contributed by atoms with E-state index < -0.39 is 5.54 Å². The van der Waals surface area contributed by atoms with Crippen LogP contribution in [0.25, 0.3) is 11.0 Å². The fourth-order valence-corrected chi connectivity index (χ4v) is 1.95. The Morgan fingerprint density at radius 3 is 2.63 bits per heavy atom. The number of para-hydroxylation sites is 2. The largest absolute Gasteiger partial charge is 0.314 e. The van der Waals surface area contributed by atoms with Gasteiger partial charge in [0.2, 0.25) is 5.54 Å². The van der Waals surface area contributed by atoms with Crippen molar-refractivity contribution in [3.63, 3.8) is 0 Å². The molecule has 2 aromatic rings.